The average molecular weight is 556 g/mol. The number of ether oxygens (including phenoxy) is 1. The highest BCUT2D eigenvalue weighted by Crippen LogP contribution is 2.60. The van der Waals surface area contributed by atoms with Gasteiger partial charge in [0.25, 0.3) is 5.91 Å². The number of aryl methyl sites for hydroxylation is 1. The zero-order chi connectivity index (χ0) is 22.4. The fourth-order valence-electron chi connectivity index (χ4n) is 5.13. The predicted octanol–water partition coefficient (Wildman–Crippen LogP) is 2.95. The van der Waals surface area contributed by atoms with E-state index in [1.165, 1.54) is 4.90 Å². The number of fused-ring (bicyclic) bond motifs is 5. The molecule has 0 radical (unpaired) electrons. The normalized spacial score (nSPS) is 31.2. The van der Waals surface area contributed by atoms with E-state index in [-0.39, 0.29) is 58.1 Å². The molecule has 1 aromatic carbocycles. The van der Waals surface area contributed by atoms with E-state index in [0.717, 1.165) is 17.5 Å². The quantitative estimate of drug-likeness (QED) is 0.331. The van der Waals surface area contributed by atoms with Crippen LogP contribution in [0.2, 0.25) is 0 Å². The molecule has 1 aliphatic heterocycles. The Morgan fingerprint density at radius 3 is 2.32 bits per heavy atom. The van der Waals surface area contributed by atoms with E-state index in [1.807, 2.05) is 26.0 Å². The summed E-state index contributed by atoms with van der Waals surface area (Å²) < 4.78 is 5.04. The number of nitrogens with zero attached hydrogens (tertiary/aromatic N) is 1. The first kappa shape index (κ1) is 22.5. The molecule has 166 valence electrons. The number of benzene rings is 1. The molecule has 2 saturated carbocycles. The minimum atomic E-state index is -0.617. The monoisotopic (exact) mass is 554 g/mol. The highest BCUT2D eigenvalue weighted by molar-refractivity contribution is 9.12. The summed E-state index contributed by atoms with van der Waals surface area (Å²) in [5, 5.41) is 2.73. The van der Waals surface area contributed by atoms with Crippen LogP contribution in [0.3, 0.4) is 0 Å². The molecule has 6 atom stereocenters. The minimum absolute atomic E-state index is 0.0124. The maximum Gasteiger partial charge on any atom is 0.308 e. The molecule has 4 rings (SSSR count). The Bertz CT molecular complexity index is 920. The SMILES string of the molecule is Cc1cccc(NC(=O)COC(=O)CCN2C(=O)[C@@H]3[C@H]4C[C@@H]([C@H](Br)[C@@H]4Br)[C@@H]3C2=O)c1C. The van der Waals surface area contributed by atoms with Crippen molar-refractivity contribution in [2.75, 3.05) is 18.5 Å². The summed E-state index contributed by atoms with van der Waals surface area (Å²) in [6.07, 6.45) is 0.739. The number of rotatable bonds is 6. The van der Waals surface area contributed by atoms with E-state index >= 15 is 0 Å². The molecular weight excluding hydrogens is 532 g/mol. The lowest BCUT2D eigenvalue weighted by Crippen LogP contribution is -2.37. The fourth-order valence-corrected chi connectivity index (χ4v) is 7.00. The number of alkyl halides is 2. The molecule has 1 aromatic rings. The van der Waals surface area contributed by atoms with Gasteiger partial charge in [0.2, 0.25) is 11.8 Å². The van der Waals surface area contributed by atoms with Crippen molar-refractivity contribution < 1.29 is 23.9 Å². The van der Waals surface area contributed by atoms with Crippen molar-refractivity contribution >= 4 is 61.2 Å². The van der Waals surface area contributed by atoms with Gasteiger partial charge in [0.15, 0.2) is 6.61 Å². The second kappa shape index (κ2) is 8.65. The third-order valence-corrected chi connectivity index (χ3v) is 10.1. The van der Waals surface area contributed by atoms with Crippen LogP contribution in [-0.2, 0) is 23.9 Å². The zero-order valence-electron chi connectivity index (χ0n) is 17.3. The van der Waals surface area contributed by atoms with Gasteiger partial charge in [-0.25, -0.2) is 0 Å². The van der Waals surface area contributed by atoms with Crippen LogP contribution >= 0.6 is 31.9 Å². The molecule has 3 fully saturated rings. The van der Waals surface area contributed by atoms with Crippen molar-refractivity contribution in [1.29, 1.82) is 0 Å². The lowest BCUT2D eigenvalue weighted by atomic mass is 9.81. The van der Waals surface area contributed by atoms with Crippen LogP contribution < -0.4 is 5.32 Å². The molecule has 1 heterocycles. The van der Waals surface area contributed by atoms with Crippen LogP contribution in [-0.4, -0.2) is 51.4 Å². The van der Waals surface area contributed by atoms with Crippen LogP contribution in [0, 0.1) is 37.5 Å². The van der Waals surface area contributed by atoms with Crippen LogP contribution in [0.1, 0.15) is 24.0 Å². The van der Waals surface area contributed by atoms with Crippen molar-refractivity contribution in [3.63, 3.8) is 0 Å². The van der Waals surface area contributed by atoms with Gasteiger partial charge < -0.3 is 10.1 Å². The van der Waals surface area contributed by atoms with Gasteiger partial charge in [0, 0.05) is 21.9 Å². The number of imide groups is 1. The van der Waals surface area contributed by atoms with E-state index < -0.39 is 18.5 Å². The topological polar surface area (TPSA) is 92.8 Å². The fraction of sp³-hybridized carbons (Fsp3) is 0.545. The van der Waals surface area contributed by atoms with E-state index in [1.54, 1.807) is 6.07 Å². The number of hydrogen-bond donors (Lipinski definition) is 1. The zero-order valence-corrected chi connectivity index (χ0v) is 20.4. The van der Waals surface area contributed by atoms with E-state index in [2.05, 4.69) is 37.2 Å². The summed E-state index contributed by atoms with van der Waals surface area (Å²) in [5.74, 6) is -1.74. The molecular formula is C22H24Br2N2O5. The smallest absolute Gasteiger partial charge is 0.308 e. The molecule has 3 amide bonds. The highest BCUT2D eigenvalue weighted by Gasteiger charge is 2.66. The molecule has 0 unspecified atom stereocenters. The lowest BCUT2D eigenvalue weighted by Gasteiger charge is -2.28. The van der Waals surface area contributed by atoms with E-state index in [4.69, 9.17) is 4.74 Å². The number of hydrogen-bond acceptors (Lipinski definition) is 5. The van der Waals surface area contributed by atoms with E-state index in [9.17, 15) is 19.2 Å². The largest absolute Gasteiger partial charge is 0.456 e. The Balaban J connectivity index is 1.27. The van der Waals surface area contributed by atoms with Gasteiger partial charge in [-0.2, -0.15) is 0 Å². The average Bonchev–Trinajstić information content (AvgIpc) is 3.33. The molecule has 1 N–H and O–H groups in total. The molecule has 0 aromatic heterocycles. The number of likely N-dealkylation sites (tertiary alicyclic amines) is 1. The van der Waals surface area contributed by atoms with Crippen molar-refractivity contribution in [3.05, 3.63) is 29.3 Å². The Morgan fingerprint density at radius 1 is 1.10 bits per heavy atom. The molecule has 9 heteroatoms. The predicted molar refractivity (Wildman–Crippen MR) is 121 cm³/mol. The first-order valence-electron chi connectivity index (χ1n) is 10.4. The Morgan fingerprint density at radius 2 is 1.71 bits per heavy atom. The van der Waals surface area contributed by atoms with Gasteiger partial charge in [0.05, 0.1) is 18.3 Å². The second-order valence-electron chi connectivity index (χ2n) is 8.54. The molecule has 2 aliphatic carbocycles. The van der Waals surface area contributed by atoms with Gasteiger partial charge in [-0.1, -0.05) is 44.0 Å². The van der Waals surface area contributed by atoms with Gasteiger partial charge >= 0.3 is 5.97 Å². The standard InChI is InChI=1S/C22H24Br2N2O5/c1-10-4-3-5-14(11(10)2)25-15(27)9-31-16(28)6-7-26-21(29)17-12-8-13(18(17)22(26)30)20(24)19(12)23/h3-5,12-13,17-20H,6-9H2,1-2H3,(H,25,27)/t12-,13-,17-,18+,19-,20+/m1/s1. The van der Waals surface area contributed by atoms with E-state index in [0.29, 0.717) is 5.69 Å². The molecule has 1 saturated heterocycles. The van der Waals surface area contributed by atoms with Crippen LogP contribution in [0.5, 0.6) is 0 Å². The van der Waals surface area contributed by atoms with Gasteiger partial charge in [0.1, 0.15) is 0 Å². The second-order valence-corrected chi connectivity index (χ2v) is 10.7. The number of carbonyl (C=O) groups excluding carboxylic acids is 4. The third-order valence-electron chi connectivity index (χ3n) is 6.86. The van der Waals surface area contributed by atoms with Gasteiger partial charge in [-0.3, -0.25) is 24.1 Å². The van der Waals surface area contributed by atoms with Gasteiger partial charge in [-0.15, -0.1) is 0 Å². The maximum atomic E-state index is 12.8. The summed E-state index contributed by atoms with van der Waals surface area (Å²) in [6.45, 7) is 3.42. The van der Waals surface area contributed by atoms with Crippen LogP contribution in [0.4, 0.5) is 5.69 Å². The first-order valence-corrected chi connectivity index (χ1v) is 12.2. The Hall–Kier alpha value is -1.74. The summed E-state index contributed by atoms with van der Waals surface area (Å²) in [4.78, 5) is 51.4. The summed E-state index contributed by atoms with van der Waals surface area (Å²) >= 11 is 7.30. The van der Waals surface area contributed by atoms with Crippen LogP contribution in [0.25, 0.3) is 0 Å². The number of esters is 1. The molecule has 2 bridgehead atoms. The van der Waals surface area contributed by atoms with Gasteiger partial charge in [-0.05, 0) is 49.3 Å². The number of carbonyl (C=O) groups is 4. The first-order chi connectivity index (χ1) is 14.7. The number of amides is 3. The van der Waals surface area contributed by atoms with Crippen molar-refractivity contribution in [1.82, 2.24) is 4.90 Å². The minimum Gasteiger partial charge on any atom is -0.456 e. The number of halogens is 2. The third kappa shape index (κ3) is 3.95. The maximum absolute atomic E-state index is 12.8. The summed E-state index contributed by atoms with van der Waals surface area (Å²) in [7, 11) is 0. The Labute approximate surface area is 197 Å². The summed E-state index contributed by atoms with van der Waals surface area (Å²) in [5.41, 5.74) is 2.67. The molecule has 31 heavy (non-hydrogen) atoms. The highest BCUT2D eigenvalue weighted by atomic mass is 79.9. The molecule has 3 aliphatic rings. The van der Waals surface area contributed by atoms with Crippen LogP contribution in [0.15, 0.2) is 18.2 Å². The molecule has 0 spiro atoms. The Kier molecular flexibility index (Phi) is 6.27. The van der Waals surface area contributed by atoms with Crippen molar-refractivity contribution in [2.24, 2.45) is 23.7 Å². The van der Waals surface area contributed by atoms with Crippen molar-refractivity contribution in [2.45, 2.75) is 36.3 Å². The number of anilines is 1. The van der Waals surface area contributed by atoms with Crippen molar-refractivity contribution in [3.8, 4) is 0 Å². The summed E-state index contributed by atoms with van der Waals surface area (Å²) in [6, 6.07) is 5.57. The molecule has 7 nitrogen and oxygen atoms in total. The lowest BCUT2D eigenvalue weighted by molar-refractivity contribution is -0.149. The number of nitrogens with one attached hydrogen (secondary N) is 1.